The molecule has 0 aliphatic carbocycles. The van der Waals surface area contributed by atoms with Crippen LogP contribution in [0, 0.1) is 5.82 Å². The first-order valence-corrected chi connectivity index (χ1v) is 7.70. The molecule has 0 amide bonds. The normalized spacial score (nSPS) is 12.6. The van der Waals surface area contributed by atoms with Gasteiger partial charge >= 0.3 is 0 Å². The first-order chi connectivity index (χ1) is 10.1. The fraction of sp³-hybridized carbons (Fsp3) is 0.368. The van der Waals surface area contributed by atoms with E-state index in [0.717, 1.165) is 18.5 Å². The Bertz CT molecular complexity index is 543. The summed E-state index contributed by atoms with van der Waals surface area (Å²) in [6.07, 6.45) is 1.07. The number of hydrogen-bond donors (Lipinski definition) is 1. The highest BCUT2D eigenvalue weighted by molar-refractivity contribution is 5.34. The summed E-state index contributed by atoms with van der Waals surface area (Å²) in [5.41, 5.74) is 3.66. The lowest BCUT2D eigenvalue weighted by Crippen LogP contribution is -2.23. The number of benzene rings is 2. The van der Waals surface area contributed by atoms with E-state index in [1.807, 2.05) is 12.1 Å². The Morgan fingerprint density at radius 3 is 1.81 bits per heavy atom. The molecule has 2 aromatic carbocycles. The van der Waals surface area contributed by atoms with Crippen molar-refractivity contribution in [2.45, 2.75) is 39.2 Å². The third-order valence-electron chi connectivity index (χ3n) is 3.74. The predicted molar refractivity (Wildman–Crippen MR) is 87.1 cm³/mol. The van der Waals surface area contributed by atoms with Crippen molar-refractivity contribution in [2.24, 2.45) is 0 Å². The Labute approximate surface area is 127 Å². The van der Waals surface area contributed by atoms with E-state index in [9.17, 15) is 4.39 Å². The number of nitrogens with one attached hydrogen (secondary N) is 1. The van der Waals surface area contributed by atoms with E-state index in [-0.39, 0.29) is 11.9 Å². The highest BCUT2D eigenvalue weighted by Crippen LogP contribution is 2.24. The predicted octanol–water partition coefficient (Wildman–Crippen LogP) is 5.04. The number of halogens is 1. The van der Waals surface area contributed by atoms with Gasteiger partial charge in [0.1, 0.15) is 5.82 Å². The largest absolute Gasteiger partial charge is 0.306 e. The van der Waals surface area contributed by atoms with Crippen LogP contribution in [0.3, 0.4) is 0 Å². The van der Waals surface area contributed by atoms with Crippen molar-refractivity contribution >= 4 is 0 Å². The molecule has 0 bridgehead atoms. The van der Waals surface area contributed by atoms with E-state index in [1.165, 1.54) is 23.3 Å². The molecule has 0 aliphatic heterocycles. The minimum atomic E-state index is -0.192. The van der Waals surface area contributed by atoms with Crippen molar-refractivity contribution in [3.8, 4) is 0 Å². The molecule has 0 fully saturated rings. The fourth-order valence-electron chi connectivity index (χ4n) is 2.45. The molecular formula is C19H24FN. The molecule has 2 heteroatoms. The van der Waals surface area contributed by atoms with Gasteiger partial charge in [-0.15, -0.1) is 0 Å². The fourth-order valence-corrected chi connectivity index (χ4v) is 2.45. The molecule has 0 radical (unpaired) electrons. The number of hydrogen-bond acceptors (Lipinski definition) is 1. The lowest BCUT2D eigenvalue weighted by atomic mass is 9.95. The van der Waals surface area contributed by atoms with Crippen LogP contribution in [0.25, 0.3) is 0 Å². The van der Waals surface area contributed by atoms with Gasteiger partial charge in [0, 0.05) is 0 Å². The summed E-state index contributed by atoms with van der Waals surface area (Å²) < 4.78 is 13.1. The molecule has 21 heavy (non-hydrogen) atoms. The Morgan fingerprint density at radius 1 is 0.857 bits per heavy atom. The third kappa shape index (κ3) is 4.15. The van der Waals surface area contributed by atoms with Crippen LogP contribution in [-0.4, -0.2) is 6.54 Å². The van der Waals surface area contributed by atoms with Gasteiger partial charge in [-0.1, -0.05) is 57.2 Å². The molecule has 0 heterocycles. The van der Waals surface area contributed by atoms with Crippen molar-refractivity contribution in [1.29, 1.82) is 0 Å². The second kappa shape index (κ2) is 7.37. The lowest BCUT2D eigenvalue weighted by molar-refractivity contribution is 0.593. The molecule has 1 nitrogen and oxygen atoms in total. The monoisotopic (exact) mass is 285 g/mol. The Hall–Kier alpha value is -1.67. The smallest absolute Gasteiger partial charge is 0.123 e. The maximum Gasteiger partial charge on any atom is 0.123 e. The van der Waals surface area contributed by atoms with Crippen molar-refractivity contribution in [1.82, 2.24) is 5.32 Å². The summed E-state index contributed by atoms with van der Waals surface area (Å²) in [5, 5.41) is 3.55. The minimum Gasteiger partial charge on any atom is -0.306 e. The first kappa shape index (κ1) is 15.7. The van der Waals surface area contributed by atoms with Gasteiger partial charge in [-0.05, 0) is 47.7 Å². The van der Waals surface area contributed by atoms with Crippen molar-refractivity contribution < 1.29 is 4.39 Å². The topological polar surface area (TPSA) is 12.0 Å². The van der Waals surface area contributed by atoms with E-state index < -0.39 is 0 Å². The SMILES string of the molecule is CCCNC(c1ccc(F)cc1)c1ccc(C(C)C)cc1. The average Bonchev–Trinajstić information content (AvgIpc) is 2.50. The molecule has 0 aromatic heterocycles. The van der Waals surface area contributed by atoms with Crippen LogP contribution in [-0.2, 0) is 0 Å². The van der Waals surface area contributed by atoms with E-state index in [0.29, 0.717) is 5.92 Å². The zero-order valence-electron chi connectivity index (χ0n) is 13.1. The molecule has 1 atom stereocenters. The molecule has 1 unspecified atom stereocenters. The van der Waals surface area contributed by atoms with Gasteiger partial charge in [-0.25, -0.2) is 4.39 Å². The Morgan fingerprint density at radius 2 is 1.33 bits per heavy atom. The first-order valence-electron chi connectivity index (χ1n) is 7.70. The number of rotatable bonds is 6. The van der Waals surface area contributed by atoms with E-state index in [2.05, 4.69) is 50.4 Å². The van der Waals surface area contributed by atoms with Crippen LogP contribution in [0.2, 0.25) is 0 Å². The summed E-state index contributed by atoms with van der Waals surface area (Å²) in [6.45, 7) is 7.48. The van der Waals surface area contributed by atoms with Crippen molar-refractivity contribution in [2.75, 3.05) is 6.54 Å². The molecule has 2 aromatic rings. The van der Waals surface area contributed by atoms with Crippen LogP contribution < -0.4 is 5.32 Å². The van der Waals surface area contributed by atoms with E-state index >= 15 is 0 Å². The Balaban J connectivity index is 2.28. The van der Waals surface area contributed by atoms with Gasteiger partial charge < -0.3 is 5.32 Å². The highest BCUT2D eigenvalue weighted by Gasteiger charge is 2.13. The van der Waals surface area contributed by atoms with Gasteiger partial charge in [0.05, 0.1) is 6.04 Å². The van der Waals surface area contributed by atoms with Crippen LogP contribution in [0.1, 0.15) is 55.8 Å². The molecule has 0 saturated heterocycles. The van der Waals surface area contributed by atoms with Gasteiger partial charge in [-0.3, -0.25) is 0 Å². The quantitative estimate of drug-likeness (QED) is 0.784. The van der Waals surface area contributed by atoms with Crippen LogP contribution in [0.5, 0.6) is 0 Å². The average molecular weight is 285 g/mol. The van der Waals surface area contributed by atoms with Gasteiger partial charge in [0.2, 0.25) is 0 Å². The third-order valence-corrected chi connectivity index (χ3v) is 3.74. The molecule has 112 valence electrons. The van der Waals surface area contributed by atoms with Crippen molar-refractivity contribution in [3.05, 3.63) is 71.0 Å². The van der Waals surface area contributed by atoms with Gasteiger partial charge in [0.15, 0.2) is 0 Å². The molecule has 0 spiro atoms. The molecule has 0 aliphatic rings. The second-order valence-electron chi connectivity index (χ2n) is 5.76. The zero-order valence-corrected chi connectivity index (χ0v) is 13.1. The molecule has 0 saturated carbocycles. The Kier molecular flexibility index (Phi) is 5.51. The van der Waals surface area contributed by atoms with Crippen molar-refractivity contribution in [3.63, 3.8) is 0 Å². The van der Waals surface area contributed by atoms with Crippen LogP contribution >= 0.6 is 0 Å². The summed E-state index contributed by atoms with van der Waals surface area (Å²) in [6, 6.07) is 15.6. The highest BCUT2D eigenvalue weighted by atomic mass is 19.1. The maximum absolute atomic E-state index is 13.1. The van der Waals surface area contributed by atoms with E-state index in [1.54, 1.807) is 0 Å². The van der Waals surface area contributed by atoms with Crippen LogP contribution in [0.4, 0.5) is 4.39 Å². The maximum atomic E-state index is 13.1. The standard InChI is InChI=1S/C19H24FN/c1-4-13-21-19(17-9-11-18(20)12-10-17)16-7-5-15(6-8-16)14(2)3/h5-12,14,19,21H,4,13H2,1-3H3. The summed E-state index contributed by atoms with van der Waals surface area (Å²) in [4.78, 5) is 0. The molecular weight excluding hydrogens is 261 g/mol. The second-order valence-corrected chi connectivity index (χ2v) is 5.76. The molecule has 1 N–H and O–H groups in total. The summed E-state index contributed by atoms with van der Waals surface area (Å²) in [5.74, 6) is 0.343. The lowest BCUT2D eigenvalue weighted by Gasteiger charge is -2.20. The van der Waals surface area contributed by atoms with Crippen LogP contribution in [0.15, 0.2) is 48.5 Å². The summed E-state index contributed by atoms with van der Waals surface area (Å²) in [7, 11) is 0. The van der Waals surface area contributed by atoms with Gasteiger partial charge in [-0.2, -0.15) is 0 Å². The summed E-state index contributed by atoms with van der Waals surface area (Å²) >= 11 is 0. The van der Waals surface area contributed by atoms with E-state index in [4.69, 9.17) is 0 Å². The minimum absolute atomic E-state index is 0.117. The zero-order chi connectivity index (χ0) is 15.2. The van der Waals surface area contributed by atoms with Gasteiger partial charge in [0.25, 0.3) is 0 Å². The molecule has 2 rings (SSSR count).